The number of hydrogen-bond donors (Lipinski definition) is 3. The van der Waals surface area contributed by atoms with Crippen LogP contribution in [-0.2, 0) is 6.54 Å². The fraction of sp³-hybridized carbons (Fsp3) is 0.353. The Labute approximate surface area is 151 Å². The van der Waals surface area contributed by atoms with Crippen molar-refractivity contribution in [1.82, 2.24) is 23.9 Å². The van der Waals surface area contributed by atoms with Gasteiger partial charge in [-0.3, -0.25) is 4.79 Å². The number of thiophene rings is 1. The number of nitrogens with one attached hydrogen (secondary N) is 1. The maximum atomic E-state index is 12.8. The molecule has 8 nitrogen and oxygen atoms in total. The molecular formula is C17H17N5O3S. The zero-order chi connectivity index (χ0) is 17.9. The zero-order valence-electron chi connectivity index (χ0n) is 13.8. The van der Waals surface area contributed by atoms with Crippen molar-refractivity contribution in [3.8, 4) is 10.6 Å². The van der Waals surface area contributed by atoms with E-state index in [0.717, 1.165) is 17.0 Å². The summed E-state index contributed by atoms with van der Waals surface area (Å²) in [5, 5.41) is 21.1. The number of hydrogen-bond acceptors (Lipinski definition) is 6. The quantitative estimate of drug-likeness (QED) is 0.487. The van der Waals surface area contributed by atoms with Crippen molar-refractivity contribution in [2.45, 2.75) is 13.0 Å². The predicted molar refractivity (Wildman–Crippen MR) is 97.1 cm³/mol. The van der Waals surface area contributed by atoms with Gasteiger partial charge in [-0.25, -0.2) is 9.38 Å². The highest BCUT2D eigenvalue weighted by atomic mass is 32.1. The van der Waals surface area contributed by atoms with Gasteiger partial charge in [0.15, 0.2) is 11.2 Å². The Hall–Kier alpha value is -2.49. The molecule has 1 saturated carbocycles. The van der Waals surface area contributed by atoms with Crippen LogP contribution in [0.4, 0.5) is 0 Å². The normalized spacial score (nSPS) is 22.5. The van der Waals surface area contributed by atoms with Gasteiger partial charge in [-0.2, -0.15) is 4.98 Å². The molecule has 1 fully saturated rings. The van der Waals surface area contributed by atoms with Crippen molar-refractivity contribution in [3.63, 3.8) is 0 Å². The minimum atomic E-state index is -0.354. The van der Waals surface area contributed by atoms with Crippen LogP contribution in [0.5, 0.6) is 0 Å². The maximum Gasteiger partial charge on any atom is 0.287 e. The van der Waals surface area contributed by atoms with Crippen molar-refractivity contribution in [2.24, 2.45) is 11.3 Å². The van der Waals surface area contributed by atoms with Crippen molar-refractivity contribution in [1.29, 1.82) is 0 Å². The third kappa shape index (κ3) is 2.17. The predicted octanol–water partition coefficient (Wildman–Crippen LogP) is 1.09. The van der Waals surface area contributed by atoms with Gasteiger partial charge in [0.2, 0.25) is 5.78 Å². The van der Waals surface area contributed by atoms with Gasteiger partial charge in [-0.1, -0.05) is 6.07 Å². The van der Waals surface area contributed by atoms with E-state index in [1.165, 1.54) is 4.40 Å². The largest absolute Gasteiger partial charge is 0.396 e. The number of H-pyrrole nitrogens is 1. The Balaban J connectivity index is 1.63. The summed E-state index contributed by atoms with van der Waals surface area (Å²) in [6.45, 7) is 0.519. The van der Waals surface area contributed by atoms with E-state index in [1.807, 2.05) is 17.5 Å². The van der Waals surface area contributed by atoms with Crippen molar-refractivity contribution in [3.05, 3.63) is 40.4 Å². The molecule has 5 rings (SSSR count). The van der Waals surface area contributed by atoms with Gasteiger partial charge in [0, 0.05) is 24.8 Å². The van der Waals surface area contributed by atoms with Crippen molar-refractivity contribution in [2.75, 3.05) is 13.2 Å². The monoisotopic (exact) mass is 371 g/mol. The molecule has 2 atom stereocenters. The molecule has 0 saturated heterocycles. The lowest BCUT2D eigenvalue weighted by Gasteiger charge is -2.14. The highest BCUT2D eigenvalue weighted by Crippen LogP contribution is 2.53. The number of imidazole rings is 2. The second kappa shape index (κ2) is 5.50. The van der Waals surface area contributed by atoms with Crippen molar-refractivity contribution >= 4 is 28.3 Å². The summed E-state index contributed by atoms with van der Waals surface area (Å²) < 4.78 is 3.28. The molecule has 4 heterocycles. The van der Waals surface area contributed by atoms with Gasteiger partial charge in [-0.05, 0) is 23.8 Å². The first-order chi connectivity index (χ1) is 12.6. The third-order valence-corrected chi connectivity index (χ3v) is 6.25. The van der Waals surface area contributed by atoms with Crippen LogP contribution < -0.4 is 5.56 Å². The molecule has 0 aromatic carbocycles. The van der Waals surface area contributed by atoms with Crippen LogP contribution in [0.2, 0.25) is 0 Å². The zero-order valence-corrected chi connectivity index (χ0v) is 14.6. The topological polar surface area (TPSA) is 108 Å². The van der Waals surface area contributed by atoms with Crippen LogP contribution in [0, 0.1) is 11.3 Å². The lowest BCUT2D eigenvalue weighted by molar-refractivity contribution is 0.159. The first kappa shape index (κ1) is 15.7. The number of rotatable bonds is 5. The molecular weight excluding hydrogens is 354 g/mol. The average Bonchev–Trinajstić information content (AvgIpc) is 3.09. The molecule has 0 bridgehead atoms. The Kier molecular flexibility index (Phi) is 3.33. The lowest BCUT2D eigenvalue weighted by Crippen LogP contribution is -2.20. The minimum absolute atomic E-state index is 0.00977. The number of fused-ring (bicyclic) bond motifs is 2. The van der Waals surface area contributed by atoms with E-state index < -0.39 is 0 Å². The standard InChI is InChI=1S/C17H17N5O3S/c23-6-10-4-17(10,8-24)7-21-9-18-13-14(21)20-16-19-11(5-22(16)15(13)25)12-2-1-3-26-12/h1-3,5,9-10,23-24H,4,6-8H2,(H,19,20)/t10-,17-/m1/s1. The second-order valence-corrected chi connectivity index (χ2v) is 7.85. The van der Waals surface area contributed by atoms with Gasteiger partial charge in [-0.15, -0.1) is 11.3 Å². The molecule has 0 radical (unpaired) electrons. The fourth-order valence-corrected chi connectivity index (χ4v) is 4.33. The first-order valence-corrected chi connectivity index (χ1v) is 9.25. The number of aliphatic hydroxyl groups excluding tert-OH is 2. The van der Waals surface area contributed by atoms with E-state index in [-0.39, 0.29) is 30.1 Å². The summed E-state index contributed by atoms with van der Waals surface area (Å²) in [5.74, 6) is 0.533. The molecule has 4 aromatic rings. The molecule has 0 amide bonds. The molecule has 134 valence electrons. The highest BCUT2D eigenvalue weighted by molar-refractivity contribution is 7.13. The molecule has 3 N–H and O–H groups in total. The summed E-state index contributed by atoms with van der Waals surface area (Å²) in [5.41, 5.74) is 1.04. The van der Waals surface area contributed by atoms with E-state index in [2.05, 4.69) is 15.0 Å². The number of aromatic nitrogens is 5. The Morgan fingerprint density at radius 2 is 2.31 bits per heavy atom. The molecule has 0 spiro atoms. The Morgan fingerprint density at radius 1 is 1.42 bits per heavy atom. The van der Waals surface area contributed by atoms with E-state index >= 15 is 0 Å². The number of aromatic amines is 1. The number of aliphatic hydroxyl groups is 2. The van der Waals surface area contributed by atoms with Crippen LogP contribution in [0.25, 0.3) is 27.5 Å². The summed E-state index contributed by atoms with van der Waals surface area (Å²) >= 11 is 1.58. The van der Waals surface area contributed by atoms with Gasteiger partial charge in [0.05, 0.1) is 23.5 Å². The van der Waals surface area contributed by atoms with E-state index in [0.29, 0.717) is 23.5 Å². The molecule has 26 heavy (non-hydrogen) atoms. The summed E-state index contributed by atoms with van der Waals surface area (Å²) in [6, 6.07) is 3.93. The van der Waals surface area contributed by atoms with Gasteiger partial charge in [0.1, 0.15) is 0 Å². The van der Waals surface area contributed by atoms with Crippen LogP contribution >= 0.6 is 11.3 Å². The molecule has 1 aliphatic rings. The van der Waals surface area contributed by atoms with E-state index in [9.17, 15) is 15.0 Å². The lowest BCUT2D eigenvalue weighted by atomic mass is 10.1. The molecule has 4 aromatic heterocycles. The number of nitrogens with zero attached hydrogens (tertiary/aromatic N) is 4. The summed E-state index contributed by atoms with van der Waals surface area (Å²) in [4.78, 5) is 25.9. The van der Waals surface area contributed by atoms with Crippen LogP contribution in [-0.4, -0.2) is 47.3 Å². The average molecular weight is 371 g/mol. The second-order valence-electron chi connectivity index (χ2n) is 6.90. The molecule has 1 aliphatic carbocycles. The smallest absolute Gasteiger partial charge is 0.287 e. The first-order valence-electron chi connectivity index (χ1n) is 8.37. The summed E-state index contributed by atoms with van der Waals surface area (Å²) in [6.07, 6.45) is 4.08. The van der Waals surface area contributed by atoms with Gasteiger partial charge >= 0.3 is 0 Å². The Morgan fingerprint density at radius 3 is 3.00 bits per heavy atom. The third-order valence-electron chi connectivity index (χ3n) is 5.34. The van der Waals surface area contributed by atoms with Crippen LogP contribution in [0.15, 0.2) is 34.8 Å². The van der Waals surface area contributed by atoms with Crippen LogP contribution in [0.3, 0.4) is 0 Å². The van der Waals surface area contributed by atoms with E-state index in [4.69, 9.17) is 0 Å². The minimum Gasteiger partial charge on any atom is -0.396 e. The van der Waals surface area contributed by atoms with Crippen LogP contribution in [0.1, 0.15) is 6.42 Å². The van der Waals surface area contributed by atoms with Gasteiger partial charge < -0.3 is 19.8 Å². The van der Waals surface area contributed by atoms with Crippen molar-refractivity contribution < 1.29 is 10.2 Å². The SMILES string of the molecule is O=c1c2ncn(C[C@@]3(CO)C[C@@H]3CO)c2nc2[nH]c(-c3cccs3)cn12. The highest BCUT2D eigenvalue weighted by Gasteiger charge is 2.53. The van der Waals surface area contributed by atoms with Gasteiger partial charge in [0.25, 0.3) is 5.56 Å². The fourth-order valence-electron chi connectivity index (χ4n) is 3.64. The van der Waals surface area contributed by atoms with E-state index in [1.54, 1.807) is 28.4 Å². The molecule has 9 heteroatoms. The Bertz CT molecular complexity index is 1160. The molecule has 0 aliphatic heterocycles. The maximum absolute atomic E-state index is 12.8. The summed E-state index contributed by atoms with van der Waals surface area (Å²) in [7, 11) is 0. The molecule has 0 unspecified atom stereocenters.